The van der Waals surface area contributed by atoms with Crippen LogP contribution in [0.15, 0.2) is 85.1 Å². The van der Waals surface area contributed by atoms with Gasteiger partial charge >= 0.3 is 11.9 Å². The molecular formula is C79H142O5. The maximum absolute atomic E-state index is 12.4. The second-order valence-corrected chi connectivity index (χ2v) is 25.0. The average Bonchev–Trinajstić information content (AvgIpc) is 3.51. The average molecular weight is 1170 g/mol. The molecule has 0 aliphatic heterocycles. The molecule has 84 heavy (non-hydrogen) atoms. The van der Waals surface area contributed by atoms with Gasteiger partial charge in [0.05, 0.1) is 6.61 Å². The van der Waals surface area contributed by atoms with Crippen LogP contribution in [0.2, 0.25) is 0 Å². The van der Waals surface area contributed by atoms with Crippen LogP contribution in [0.4, 0.5) is 0 Å². The molecule has 5 nitrogen and oxygen atoms in total. The fourth-order valence-electron chi connectivity index (χ4n) is 11.1. The highest BCUT2D eigenvalue weighted by Gasteiger charge is 2.16. The molecule has 1 N–H and O–H groups in total. The number of allylic oxidation sites excluding steroid dienone is 14. The number of esters is 2. The molecule has 0 saturated heterocycles. The molecule has 0 spiro atoms. The van der Waals surface area contributed by atoms with Crippen LogP contribution in [0.25, 0.3) is 0 Å². The van der Waals surface area contributed by atoms with Crippen molar-refractivity contribution >= 4 is 11.9 Å². The van der Waals surface area contributed by atoms with E-state index in [1.54, 1.807) is 0 Å². The van der Waals surface area contributed by atoms with Gasteiger partial charge in [0, 0.05) is 12.8 Å². The maximum Gasteiger partial charge on any atom is 0.306 e. The highest BCUT2D eigenvalue weighted by atomic mass is 16.6. The van der Waals surface area contributed by atoms with Gasteiger partial charge in [-0.3, -0.25) is 9.59 Å². The summed E-state index contributed by atoms with van der Waals surface area (Å²) in [5, 5.41) is 9.71. The van der Waals surface area contributed by atoms with Crippen molar-refractivity contribution in [2.75, 3.05) is 13.2 Å². The molecular weight excluding hydrogens is 1030 g/mol. The number of carbonyl (C=O) groups is 2. The zero-order valence-electron chi connectivity index (χ0n) is 56.2. The highest BCUT2D eigenvalue weighted by Crippen LogP contribution is 2.19. The quantitative estimate of drug-likeness (QED) is 0.0373. The van der Waals surface area contributed by atoms with Gasteiger partial charge in [-0.05, 0) is 89.9 Å². The van der Waals surface area contributed by atoms with Crippen molar-refractivity contribution in [3.63, 3.8) is 0 Å². The van der Waals surface area contributed by atoms with Gasteiger partial charge in [-0.1, -0.05) is 369 Å². The van der Waals surface area contributed by atoms with Gasteiger partial charge in [0.25, 0.3) is 0 Å². The monoisotopic (exact) mass is 1170 g/mol. The molecule has 0 aliphatic rings. The summed E-state index contributed by atoms with van der Waals surface area (Å²) in [6.07, 6.45) is 105. The van der Waals surface area contributed by atoms with Gasteiger partial charge in [-0.15, -0.1) is 0 Å². The van der Waals surface area contributed by atoms with Crippen molar-refractivity contribution in [2.45, 2.75) is 392 Å². The number of carbonyl (C=O) groups excluding carboxylic acids is 2. The summed E-state index contributed by atoms with van der Waals surface area (Å²) in [6, 6.07) is 0. The third-order valence-electron chi connectivity index (χ3n) is 16.7. The van der Waals surface area contributed by atoms with Crippen LogP contribution in [-0.4, -0.2) is 36.4 Å². The zero-order chi connectivity index (χ0) is 60.5. The van der Waals surface area contributed by atoms with E-state index in [0.29, 0.717) is 12.8 Å². The van der Waals surface area contributed by atoms with E-state index in [2.05, 4.69) is 98.9 Å². The molecule has 488 valence electrons. The van der Waals surface area contributed by atoms with Gasteiger partial charge in [0.15, 0.2) is 6.10 Å². The predicted molar refractivity (Wildman–Crippen MR) is 371 cm³/mol. The van der Waals surface area contributed by atoms with Crippen LogP contribution >= 0.6 is 0 Å². The third-order valence-corrected chi connectivity index (χ3v) is 16.7. The molecule has 0 aromatic carbocycles. The molecule has 0 saturated carbocycles. The molecule has 0 aromatic heterocycles. The first-order valence-corrected chi connectivity index (χ1v) is 37.1. The van der Waals surface area contributed by atoms with Gasteiger partial charge in [-0.2, -0.15) is 0 Å². The van der Waals surface area contributed by atoms with Crippen LogP contribution in [-0.2, 0) is 19.1 Å². The minimum absolute atomic E-state index is 0.0616. The van der Waals surface area contributed by atoms with E-state index < -0.39 is 6.10 Å². The Bertz CT molecular complexity index is 1520. The Balaban J connectivity index is 3.41. The fourth-order valence-corrected chi connectivity index (χ4v) is 11.1. The summed E-state index contributed by atoms with van der Waals surface area (Å²) in [4.78, 5) is 24.7. The first-order valence-electron chi connectivity index (χ1n) is 37.1. The number of rotatable bonds is 69. The van der Waals surface area contributed by atoms with Gasteiger partial charge in [-0.25, -0.2) is 0 Å². The summed E-state index contributed by atoms with van der Waals surface area (Å²) in [5.41, 5.74) is 0. The van der Waals surface area contributed by atoms with E-state index in [0.717, 1.165) is 77.0 Å². The lowest BCUT2D eigenvalue weighted by Gasteiger charge is -2.15. The Kier molecular flexibility index (Phi) is 71.7. The SMILES string of the molecule is CC/C=C\C/C=C\C/C=C\C/C=C\C/C=C\C/C=C\CCCCCCCCCCCCCCCCCCCCCCCCC(=O)OC(CO)COC(=O)CCCCCCCCCCCCCCCCCCC/C=C\CCCCCCCCCC. The number of aliphatic hydroxyl groups excluding tert-OH is 1. The molecule has 1 unspecified atom stereocenters. The lowest BCUT2D eigenvalue weighted by molar-refractivity contribution is -0.161. The number of unbranched alkanes of at least 4 members (excludes halogenated alkanes) is 47. The Morgan fingerprint density at radius 2 is 0.512 bits per heavy atom. The van der Waals surface area contributed by atoms with E-state index in [1.165, 1.54) is 283 Å². The maximum atomic E-state index is 12.4. The Morgan fingerprint density at radius 1 is 0.286 bits per heavy atom. The van der Waals surface area contributed by atoms with Gasteiger partial charge in [0.1, 0.15) is 6.61 Å². The zero-order valence-corrected chi connectivity index (χ0v) is 56.2. The van der Waals surface area contributed by atoms with Crippen molar-refractivity contribution in [1.29, 1.82) is 0 Å². The summed E-state index contributed by atoms with van der Waals surface area (Å²) < 4.78 is 10.8. The number of aliphatic hydroxyl groups is 1. The number of ether oxygens (including phenoxy) is 2. The molecule has 0 aliphatic carbocycles. The van der Waals surface area contributed by atoms with Crippen molar-refractivity contribution in [2.24, 2.45) is 0 Å². The molecule has 0 fully saturated rings. The predicted octanol–water partition coefficient (Wildman–Crippen LogP) is 26.0. The van der Waals surface area contributed by atoms with Crippen LogP contribution in [0.5, 0.6) is 0 Å². The number of hydrogen-bond donors (Lipinski definition) is 1. The molecule has 0 amide bonds. The van der Waals surface area contributed by atoms with Crippen LogP contribution in [0.3, 0.4) is 0 Å². The summed E-state index contributed by atoms with van der Waals surface area (Å²) in [6.45, 7) is 4.08. The lowest BCUT2D eigenvalue weighted by atomic mass is 10.0. The third kappa shape index (κ3) is 71.6. The minimum atomic E-state index is -0.773. The largest absolute Gasteiger partial charge is 0.462 e. The van der Waals surface area contributed by atoms with Crippen LogP contribution in [0.1, 0.15) is 386 Å². The Hall–Kier alpha value is -2.92. The summed E-state index contributed by atoms with van der Waals surface area (Å²) in [5.74, 6) is -0.569. The fraction of sp³-hybridized carbons (Fsp3) is 0.797. The van der Waals surface area contributed by atoms with Crippen LogP contribution in [0, 0.1) is 0 Å². The second kappa shape index (κ2) is 74.3. The van der Waals surface area contributed by atoms with E-state index in [9.17, 15) is 14.7 Å². The summed E-state index contributed by atoms with van der Waals surface area (Å²) >= 11 is 0. The first kappa shape index (κ1) is 81.1. The Labute approximate surface area is 524 Å². The van der Waals surface area contributed by atoms with Crippen molar-refractivity contribution in [3.8, 4) is 0 Å². The molecule has 5 heteroatoms. The van der Waals surface area contributed by atoms with Crippen molar-refractivity contribution < 1.29 is 24.2 Å². The first-order chi connectivity index (χ1) is 41.6. The smallest absolute Gasteiger partial charge is 0.306 e. The van der Waals surface area contributed by atoms with Crippen molar-refractivity contribution in [1.82, 2.24) is 0 Å². The number of hydrogen-bond acceptors (Lipinski definition) is 5. The Morgan fingerprint density at radius 3 is 0.786 bits per heavy atom. The molecule has 0 bridgehead atoms. The van der Waals surface area contributed by atoms with E-state index >= 15 is 0 Å². The lowest BCUT2D eigenvalue weighted by Crippen LogP contribution is -2.28. The van der Waals surface area contributed by atoms with E-state index in [1.807, 2.05) is 0 Å². The molecule has 1 atom stereocenters. The minimum Gasteiger partial charge on any atom is -0.462 e. The van der Waals surface area contributed by atoms with E-state index in [-0.39, 0.29) is 25.2 Å². The van der Waals surface area contributed by atoms with Crippen LogP contribution < -0.4 is 0 Å². The molecule has 0 radical (unpaired) electrons. The normalized spacial score (nSPS) is 12.7. The second-order valence-electron chi connectivity index (χ2n) is 25.0. The van der Waals surface area contributed by atoms with Gasteiger partial charge in [0.2, 0.25) is 0 Å². The summed E-state index contributed by atoms with van der Waals surface area (Å²) in [7, 11) is 0. The topological polar surface area (TPSA) is 72.8 Å². The highest BCUT2D eigenvalue weighted by molar-refractivity contribution is 5.70. The van der Waals surface area contributed by atoms with Crippen molar-refractivity contribution in [3.05, 3.63) is 85.1 Å². The van der Waals surface area contributed by atoms with E-state index in [4.69, 9.17) is 9.47 Å². The standard InChI is InChI=1S/C79H142O5/c1-3-5-7-9-11-13-15-17-19-21-23-25-27-29-31-33-34-35-36-37-38-39-40-41-42-43-44-46-48-50-52-54-56-58-60-62-64-66-68-70-72-74-79(82)84-77(75-80)76-83-78(81)73-71-69-67-65-63-61-59-57-55-53-51-49-47-45-32-30-28-26-24-22-20-18-16-14-12-10-8-6-4-2/h5,7,11,13,17,19,22-25,29,31,34-35,77,80H,3-4,6,8-10,12,14-16,18,20-21,26-28,30,32-33,36-76H2,1-2H3/b7-5-,13-11-,19-17-,24-22-,25-23-,31-29-,35-34-. The molecule has 0 aromatic rings. The molecule has 0 rings (SSSR count). The van der Waals surface area contributed by atoms with Gasteiger partial charge < -0.3 is 14.6 Å². The molecule has 0 heterocycles.